The summed E-state index contributed by atoms with van der Waals surface area (Å²) in [7, 11) is 1.36. The predicted molar refractivity (Wildman–Crippen MR) is 83.8 cm³/mol. The van der Waals surface area contributed by atoms with Gasteiger partial charge in [0.15, 0.2) is 0 Å². The normalized spacial score (nSPS) is 13.5. The molecular weight excluding hydrogens is 327 g/mol. The number of ether oxygens (including phenoxy) is 1. The molecule has 0 bridgehead atoms. The number of rotatable bonds is 4. The molecule has 0 fully saturated rings. The third-order valence-electron chi connectivity index (χ3n) is 3.51. The number of benzene rings is 1. The van der Waals surface area contributed by atoms with E-state index in [0.717, 1.165) is 12.1 Å². The lowest BCUT2D eigenvalue weighted by Gasteiger charge is -2.21. The highest BCUT2D eigenvalue weighted by atomic mass is 19.4. The summed E-state index contributed by atoms with van der Waals surface area (Å²) in [5, 5.41) is -0.0360. The number of nitrogens with zero attached hydrogens (tertiary/aromatic N) is 1. The second-order valence-electron chi connectivity index (χ2n) is 5.60. The molecule has 2 rings (SSSR count). The Bertz CT molecular complexity index is 868. The second-order valence-corrected chi connectivity index (χ2v) is 5.60. The first kappa shape index (κ1) is 18.1. The van der Waals surface area contributed by atoms with Gasteiger partial charge in [-0.1, -0.05) is 0 Å². The van der Waals surface area contributed by atoms with Crippen molar-refractivity contribution in [2.75, 3.05) is 12.5 Å². The van der Waals surface area contributed by atoms with Crippen molar-refractivity contribution in [1.82, 2.24) is 9.66 Å². The zero-order valence-electron chi connectivity index (χ0n) is 13.6. The van der Waals surface area contributed by atoms with Gasteiger partial charge in [-0.15, -0.1) is 0 Å². The Hall–Kier alpha value is -2.29. The van der Waals surface area contributed by atoms with Gasteiger partial charge in [0.1, 0.15) is 0 Å². The first-order valence-electron chi connectivity index (χ1n) is 7.29. The van der Waals surface area contributed by atoms with E-state index in [9.17, 15) is 22.8 Å². The van der Waals surface area contributed by atoms with Crippen LogP contribution in [0.5, 0.6) is 0 Å². The topological polar surface area (TPSA) is 76.1 Å². The molecule has 0 amide bonds. The fourth-order valence-corrected chi connectivity index (χ4v) is 2.55. The lowest BCUT2D eigenvalue weighted by atomic mass is 10.00. The van der Waals surface area contributed by atoms with E-state index in [4.69, 9.17) is 4.74 Å². The molecule has 1 aromatic heterocycles. The van der Waals surface area contributed by atoms with Crippen molar-refractivity contribution in [3.8, 4) is 0 Å². The SMILES string of the molecule is CNn1c(=O)[nH]c2cc(C(F)(F)F)c(C(C)OC(C)C)cc2c1=O. The van der Waals surface area contributed by atoms with Gasteiger partial charge in [0.25, 0.3) is 5.56 Å². The minimum absolute atomic E-state index is 0.0360. The van der Waals surface area contributed by atoms with Gasteiger partial charge in [-0.3, -0.25) is 4.79 Å². The molecule has 9 heteroatoms. The Morgan fingerprint density at radius 3 is 2.33 bits per heavy atom. The third kappa shape index (κ3) is 3.30. The molecule has 0 saturated heterocycles. The van der Waals surface area contributed by atoms with Gasteiger partial charge in [-0.25, -0.2) is 4.79 Å². The molecule has 1 atom stereocenters. The van der Waals surface area contributed by atoms with Crippen LogP contribution in [0.1, 0.15) is 38.0 Å². The summed E-state index contributed by atoms with van der Waals surface area (Å²) in [4.78, 5) is 26.3. The third-order valence-corrected chi connectivity index (χ3v) is 3.51. The second kappa shape index (κ2) is 6.31. The fourth-order valence-electron chi connectivity index (χ4n) is 2.55. The number of nitrogens with one attached hydrogen (secondary N) is 2. The first-order valence-corrected chi connectivity index (χ1v) is 7.29. The van der Waals surface area contributed by atoms with Crippen molar-refractivity contribution >= 4 is 10.9 Å². The highest BCUT2D eigenvalue weighted by Gasteiger charge is 2.35. The molecule has 1 unspecified atom stereocenters. The summed E-state index contributed by atoms with van der Waals surface area (Å²) >= 11 is 0. The average molecular weight is 345 g/mol. The number of aromatic amines is 1. The van der Waals surface area contributed by atoms with E-state index < -0.39 is 29.1 Å². The largest absolute Gasteiger partial charge is 0.416 e. The first-order chi connectivity index (χ1) is 11.1. The Morgan fingerprint density at radius 1 is 1.21 bits per heavy atom. The van der Waals surface area contributed by atoms with Crippen LogP contribution in [0.25, 0.3) is 10.9 Å². The maximum Gasteiger partial charge on any atom is 0.416 e. The van der Waals surface area contributed by atoms with E-state index in [1.807, 2.05) is 0 Å². The number of aromatic nitrogens is 2. The molecule has 1 aromatic carbocycles. The minimum atomic E-state index is -4.65. The standard InChI is InChI=1S/C15H18F3N3O3/c1-7(2)24-8(3)9-5-10-12(6-11(9)15(16,17)18)20-14(23)21(19-4)13(10)22/h5-8,19H,1-4H3,(H,20,23). The summed E-state index contributed by atoms with van der Waals surface area (Å²) in [6, 6.07) is 1.89. The summed E-state index contributed by atoms with van der Waals surface area (Å²) in [5.41, 5.74) is -0.468. The van der Waals surface area contributed by atoms with Crippen LogP contribution < -0.4 is 16.7 Å². The van der Waals surface area contributed by atoms with Crippen LogP contribution in [-0.4, -0.2) is 22.8 Å². The number of hydrogen-bond acceptors (Lipinski definition) is 4. The molecule has 0 spiro atoms. The van der Waals surface area contributed by atoms with Gasteiger partial charge in [-0.2, -0.15) is 17.8 Å². The molecule has 6 nitrogen and oxygen atoms in total. The van der Waals surface area contributed by atoms with E-state index >= 15 is 0 Å². The van der Waals surface area contributed by atoms with Gasteiger partial charge in [-0.05, 0) is 38.5 Å². The Labute approximate surface area is 135 Å². The molecule has 132 valence electrons. The van der Waals surface area contributed by atoms with Crippen LogP contribution in [0.4, 0.5) is 13.2 Å². The van der Waals surface area contributed by atoms with Gasteiger partial charge in [0.2, 0.25) is 0 Å². The summed E-state index contributed by atoms with van der Waals surface area (Å²) in [5.74, 6) is 0. The number of halogens is 3. The van der Waals surface area contributed by atoms with Gasteiger partial charge >= 0.3 is 11.9 Å². The maximum atomic E-state index is 13.4. The lowest BCUT2D eigenvalue weighted by Crippen LogP contribution is -2.40. The average Bonchev–Trinajstić information content (AvgIpc) is 2.44. The molecule has 24 heavy (non-hydrogen) atoms. The quantitative estimate of drug-likeness (QED) is 0.892. The Morgan fingerprint density at radius 2 is 1.83 bits per heavy atom. The highest BCUT2D eigenvalue weighted by molar-refractivity contribution is 5.79. The molecule has 0 aliphatic rings. The van der Waals surface area contributed by atoms with E-state index in [1.165, 1.54) is 14.0 Å². The van der Waals surface area contributed by atoms with Crippen LogP contribution >= 0.6 is 0 Å². The van der Waals surface area contributed by atoms with E-state index in [1.54, 1.807) is 13.8 Å². The van der Waals surface area contributed by atoms with Crippen LogP contribution in [0.2, 0.25) is 0 Å². The molecule has 1 heterocycles. The van der Waals surface area contributed by atoms with Crippen molar-refractivity contribution in [2.45, 2.75) is 39.2 Å². The van der Waals surface area contributed by atoms with E-state index in [0.29, 0.717) is 4.68 Å². The molecule has 2 N–H and O–H groups in total. The molecule has 0 radical (unpaired) electrons. The predicted octanol–water partition coefficient (Wildman–Crippen LogP) is 2.37. The van der Waals surface area contributed by atoms with Crippen LogP contribution in [-0.2, 0) is 10.9 Å². The number of fused-ring (bicyclic) bond motifs is 1. The smallest absolute Gasteiger partial charge is 0.371 e. The number of hydrogen-bond donors (Lipinski definition) is 2. The van der Waals surface area contributed by atoms with Crippen molar-refractivity contribution in [3.05, 3.63) is 44.1 Å². The molecule has 0 aliphatic carbocycles. The van der Waals surface area contributed by atoms with Crippen LogP contribution in [0, 0.1) is 0 Å². The zero-order valence-corrected chi connectivity index (χ0v) is 13.6. The fraction of sp³-hybridized carbons (Fsp3) is 0.467. The minimum Gasteiger partial charge on any atom is -0.371 e. The van der Waals surface area contributed by atoms with Crippen molar-refractivity contribution < 1.29 is 17.9 Å². The molecule has 0 saturated carbocycles. The van der Waals surface area contributed by atoms with Gasteiger partial charge < -0.3 is 15.1 Å². The summed E-state index contributed by atoms with van der Waals surface area (Å²) in [6.07, 6.45) is -5.81. The van der Waals surface area contributed by atoms with Crippen molar-refractivity contribution in [1.29, 1.82) is 0 Å². The molecule has 2 aromatic rings. The summed E-state index contributed by atoms with van der Waals surface area (Å²) in [6.45, 7) is 4.89. The maximum absolute atomic E-state index is 13.4. The zero-order chi connectivity index (χ0) is 18.2. The highest BCUT2D eigenvalue weighted by Crippen LogP contribution is 2.37. The van der Waals surface area contributed by atoms with Crippen molar-refractivity contribution in [3.63, 3.8) is 0 Å². The van der Waals surface area contributed by atoms with Gasteiger partial charge in [0.05, 0.1) is 28.7 Å². The van der Waals surface area contributed by atoms with Gasteiger partial charge in [0, 0.05) is 7.05 Å². The number of alkyl halides is 3. The van der Waals surface area contributed by atoms with E-state index in [2.05, 4.69) is 10.4 Å². The monoisotopic (exact) mass is 345 g/mol. The molecule has 0 aliphatic heterocycles. The van der Waals surface area contributed by atoms with Crippen LogP contribution in [0.3, 0.4) is 0 Å². The Balaban J connectivity index is 2.83. The van der Waals surface area contributed by atoms with E-state index in [-0.39, 0.29) is 22.6 Å². The Kier molecular flexibility index (Phi) is 4.75. The molecular formula is C15H18F3N3O3. The number of H-pyrrole nitrogens is 1. The lowest BCUT2D eigenvalue weighted by molar-refractivity contribution is -0.139. The summed E-state index contributed by atoms with van der Waals surface area (Å²) < 4.78 is 46.3. The van der Waals surface area contributed by atoms with Crippen molar-refractivity contribution in [2.24, 2.45) is 0 Å². The van der Waals surface area contributed by atoms with Crippen LogP contribution in [0.15, 0.2) is 21.7 Å².